The van der Waals surface area contributed by atoms with Gasteiger partial charge in [-0.3, -0.25) is 0 Å². The molecule has 2 aromatic rings. The van der Waals surface area contributed by atoms with Crippen molar-refractivity contribution in [1.82, 2.24) is 4.57 Å². The molecule has 2 rings (SSSR count). The number of hydrogen-bond donors (Lipinski definition) is 0. The van der Waals surface area contributed by atoms with E-state index in [0.29, 0.717) is 0 Å². The van der Waals surface area contributed by atoms with Crippen molar-refractivity contribution in [2.24, 2.45) is 0 Å². The lowest BCUT2D eigenvalue weighted by Gasteiger charge is -2.06. The maximum atomic E-state index is 2.50. The first kappa shape index (κ1) is 23.7. The van der Waals surface area contributed by atoms with Crippen LogP contribution in [-0.4, -0.2) is 4.57 Å². The molecule has 0 aliphatic carbocycles. The third-order valence-electron chi connectivity index (χ3n) is 6.05. The summed E-state index contributed by atoms with van der Waals surface area (Å²) in [6.07, 6.45) is 25.1. The second-order valence-corrected chi connectivity index (χ2v) is 8.61. The fourth-order valence-corrected chi connectivity index (χ4v) is 4.23. The molecule has 0 atom stereocenters. The smallest absolute Gasteiger partial charge is 0.234 e. The highest BCUT2D eigenvalue weighted by Gasteiger charge is 2.18. The molecule has 1 aromatic heterocycles. The van der Waals surface area contributed by atoms with Crippen LogP contribution in [0.5, 0.6) is 0 Å². The third-order valence-corrected chi connectivity index (χ3v) is 6.05. The Morgan fingerprint density at radius 2 is 1.21 bits per heavy atom. The fraction of sp³-hybridized carbons (Fsp3) is 0.667. The molecule has 0 saturated carbocycles. The second kappa shape index (κ2) is 15.3. The van der Waals surface area contributed by atoms with E-state index in [4.69, 9.17) is 0 Å². The Kier molecular flexibility index (Phi) is 12.5. The molecule has 0 spiro atoms. The molecule has 0 N–H and O–H groups in total. The van der Waals surface area contributed by atoms with Crippen LogP contribution >= 0.6 is 0 Å². The first-order chi connectivity index (χ1) is 14.4. The predicted molar refractivity (Wildman–Crippen MR) is 126 cm³/mol. The van der Waals surface area contributed by atoms with Crippen LogP contribution in [0.25, 0.3) is 5.69 Å². The zero-order valence-electron chi connectivity index (χ0n) is 19.2. The minimum absolute atomic E-state index is 1.15. The van der Waals surface area contributed by atoms with Gasteiger partial charge in [0.05, 0.1) is 6.54 Å². The molecule has 2 heteroatoms. The maximum absolute atomic E-state index is 2.50. The highest BCUT2D eigenvalue weighted by Crippen LogP contribution is 2.15. The van der Waals surface area contributed by atoms with Crippen molar-refractivity contribution in [2.45, 2.75) is 117 Å². The van der Waals surface area contributed by atoms with Gasteiger partial charge in [-0.05, 0) is 31.4 Å². The van der Waals surface area contributed by atoms with Crippen molar-refractivity contribution in [3.63, 3.8) is 0 Å². The molecule has 0 radical (unpaired) electrons. The maximum Gasteiger partial charge on any atom is 0.261 e. The minimum Gasteiger partial charge on any atom is -0.234 e. The monoisotopic (exact) mass is 397 g/mol. The van der Waals surface area contributed by atoms with Gasteiger partial charge in [-0.2, -0.15) is 4.57 Å². The summed E-state index contributed by atoms with van der Waals surface area (Å²) in [5, 5.41) is 0. The molecule has 0 saturated heterocycles. The summed E-state index contributed by atoms with van der Waals surface area (Å²) in [6.45, 7) is 5.73. The molecule has 1 heterocycles. The Labute approximate surface area is 180 Å². The van der Waals surface area contributed by atoms with Gasteiger partial charge < -0.3 is 0 Å². The van der Waals surface area contributed by atoms with Gasteiger partial charge in [0.1, 0.15) is 18.1 Å². The molecular weight excluding hydrogens is 352 g/mol. The Morgan fingerprint density at radius 3 is 1.83 bits per heavy atom. The molecule has 0 amide bonds. The van der Waals surface area contributed by atoms with E-state index in [1.807, 2.05) is 0 Å². The largest absolute Gasteiger partial charge is 0.261 e. The summed E-state index contributed by atoms with van der Waals surface area (Å²) < 4.78 is 4.90. The van der Waals surface area contributed by atoms with Crippen LogP contribution in [0.2, 0.25) is 0 Å². The Balaban J connectivity index is 1.74. The van der Waals surface area contributed by atoms with Crippen LogP contribution in [0.3, 0.4) is 0 Å². The lowest BCUT2D eigenvalue weighted by atomic mass is 10.1. The van der Waals surface area contributed by atoms with Gasteiger partial charge in [-0.1, -0.05) is 103 Å². The molecule has 2 nitrogen and oxygen atoms in total. The Bertz CT molecular complexity index is 629. The number of rotatable bonds is 17. The molecular formula is C27H45N2+. The van der Waals surface area contributed by atoms with Crippen molar-refractivity contribution in [1.29, 1.82) is 0 Å². The SMILES string of the molecule is CCCCCCCCCCCCCc1n(-c2ccccc2)cc[n+]1CCCCC. The van der Waals surface area contributed by atoms with Crippen molar-refractivity contribution in [2.75, 3.05) is 0 Å². The van der Waals surface area contributed by atoms with Gasteiger partial charge in [-0.15, -0.1) is 0 Å². The van der Waals surface area contributed by atoms with Crippen LogP contribution in [0.4, 0.5) is 0 Å². The van der Waals surface area contributed by atoms with Gasteiger partial charge in [0, 0.05) is 6.42 Å². The molecule has 162 valence electrons. The van der Waals surface area contributed by atoms with Gasteiger partial charge in [0.15, 0.2) is 0 Å². The summed E-state index contributed by atoms with van der Waals surface area (Å²) in [6, 6.07) is 10.8. The van der Waals surface area contributed by atoms with Crippen molar-refractivity contribution >= 4 is 0 Å². The number of para-hydroxylation sites is 1. The van der Waals surface area contributed by atoms with Crippen LogP contribution in [0.15, 0.2) is 42.7 Å². The standard InChI is InChI=1S/C27H45N2/c1-3-5-7-8-9-10-11-12-13-14-18-22-27-28(23-19-6-4-2)24-25-29(27)26-20-16-15-17-21-26/h15-17,20-21,24-25H,3-14,18-19,22-23H2,1-2H3/q+1. The van der Waals surface area contributed by atoms with E-state index < -0.39 is 0 Å². The molecule has 0 aliphatic rings. The average Bonchev–Trinajstić information content (AvgIpc) is 3.15. The first-order valence-corrected chi connectivity index (χ1v) is 12.5. The highest BCUT2D eigenvalue weighted by atomic mass is 15.1. The second-order valence-electron chi connectivity index (χ2n) is 8.61. The van der Waals surface area contributed by atoms with E-state index in [-0.39, 0.29) is 0 Å². The van der Waals surface area contributed by atoms with Crippen molar-refractivity contribution in [3.05, 3.63) is 48.5 Å². The normalized spacial score (nSPS) is 11.2. The lowest BCUT2D eigenvalue weighted by Crippen LogP contribution is -2.37. The number of hydrogen-bond acceptors (Lipinski definition) is 0. The number of nitrogens with zero attached hydrogens (tertiary/aromatic N) is 2. The average molecular weight is 398 g/mol. The van der Waals surface area contributed by atoms with E-state index in [2.05, 4.69) is 65.7 Å². The summed E-state index contributed by atoms with van der Waals surface area (Å²) in [4.78, 5) is 0. The summed E-state index contributed by atoms with van der Waals surface area (Å²) in [5.41, 5.74) is 1.29. The van der Waals surface area contributed by atoms with E-state index in [1.54, 1.807) is 0 Å². The lowest BCUT2D eigenvalue weighted by molar-refractivity contribution is -0.704. The van der Waals surface area contributed by atoms with Crippen LogP contribution in [0.1, 0.15) is 110 Å². The fourth-order valence-electron chi connectivity index (χ4n) is 4.23. The van der Waals surface area contributed by atoms with Crippen molar-refractivity contribution in [3.8, 4) is 5.69 Å². The van der Waals surface area contributed by atoms with E-state index >= 15 is 0 Å². The topological polar surface area (TPSA) is 8.81 Å². The zero-order chi connectivity index (χ0) is 20.6. The number of aromatic nitrogens is 2. The van der Waals surface area contributed by atoms with Crippen molar-refractivity contribution < 1.29 is 4.57 Å². The van der Waals surface area contributed by atoms with E-state index in [1.165, 1.54) is 108 Å². The number of benzene rings is 1. The molecule has 0 bridgehead atoms. The number of imidazole rings is 1. The van der Waals surface area contributed by atoms with Gasteiger partial charge in [0.25, 0.3) is 5.82 Å². The molecule has 29 heavy (non-hydrogen) atoms. The molecule has 1 aromatic carbocycles. The first-order valence-electron chi connectivity index (χ1n) is 12.5. The summed E-state index contributed by atoms with van der Waals surface area (Å²) in [5.74, 6) is 1.48. The van der Waals surface area contributed by atoms with Gasteiger partial charge in [-0.25, -0.2) is 4.57 Å². The Morgan fingerprint density at radius 1 is 0.655 bits per heavy atom. The van der Waals surface area contributed by atoms with Gasteiger partial charge >= 0.3 is 0 Å². The molecule has 0 aliphatic heterocycles. The molecule has 0 fully saturated rings. The highest BCUT2D eigenvalue weighted by molar-refractivity contribution is 5.31. The van der Waals surface area contributed by atoms with Crippen LogP contribution in [-0.2, 0) is 13.0 Å². The summed E-state index contributed by atoms with van der Waals surface area (Å²) in [7, 11) is 0. The van der Waals surface area contributed by atoms with Gasteiger partial charge in [0.2, 0.25) is 0 Å². The predicted octanol–water partition coefficient (Wildman–Crippen LogP) is 7.81. The number of unbranched alkanes of at least 4 members (excludes halogenated alkanes) is 12. The Hall–Kier alpha value is -1.57. The molecule has 0 unspecified atom stereocenters. The minimum atomic E-state index is 1.15. The number of aryl methyl sites for hydroxylation is 1. The van der Waals surface area contributed by atoms with Crippen LogP contribution < -0.4 is 4.57 Å². The van der Waals surface area contributed by atoms with E-state index in [0.717, 1.165) is 6.54 Å². The zero-order valence-corrected chi connectivity index (χ0v) is 19.2. The quantitative estimate of drug-likeness (QED) is 0.190. The summed E-state index contributed by atoms with van der Waals surface area (Å²) >= 11 is 0. The van der Waals surface area contributed by atoms with E-state index in [9.17, 15) is 0 Å². The third kappa shape index (κ3) is 9.19. The van der Waals surface area contributed by atoms with Crippen LogP contribution in [0, 0.1) is 0 Å².